The maximum atomic E-state index is 13.6. The van der Waals surface area contributed by atoms with E-state index < -0.39 is 17.5 Å². The van der Waals surface area contributed by atoms with E-state index in [0.29, 0.717) is 30.4 Å². The van der Waals surface area contributed by atoms with Gasteiger partial charge in [0, 0.05) is 24.0 Å². The number of aromatic nitrogens is 2. The number of rotatable bonds is 5. The molecule has 2 heterocycles. The summed E-state index contributed by atoms with van der Waals surface area (Å²) in [6, 6.07) is 9.58. The number of carbonyl (C=O) groups excluding carboxylic acids is 1. The predicted octanol–water partition coefficient (Wildman–Crippen LogP) is 3.22. The highest BCUT2D eigenvalue weighted by molar-refractivity contribution is 6.02. The third kappa shape index (κ3) is 3.88. The fourth-order valence-electron chi connectivity index (χ4n) is 2.60. The highest BCUT2D eigenvalue weighted by Gasteiger charge is 2.15. The van der Waals surface area contributed by atoms with E-state index in [4.69, 9.17) is 14.2 Å². The first-order valence-corrected chi connectivity index (χ1v) is 8.41. The number of ether oxygens (including phenoxy) is 3. The van der Waals surface area contributed by atoms with Crippen LogP contribution < -0.4 is 19.5 Å². The Labute approximate surface area is 158 Å². The molecule has 9 heteroatoms. The van der Waals surface area contributed by atoms with Crippen molar-refractivity contribution in [2.24, 2.45) is 0 Å². The lowest BCUT2D eigenvalue weighted by molar-refractivity contribution is 0.102. The summed E-state index contributed by atoms with van der Waals surface area (Å²) in [6.07, 6.45) is 1.51. The van der Waals surface area contributed by atoms with Crippen LogP contribution in [0.1, 0.15) is 10.5 Å². The highest BCUT2D eigenvalue weighted by Crippen LogP contribution is 2.32. The molecule has 1 N–H and O–H groups in total. The molecule has 0 bridgehead atoms. The summed E-state index contributed by atoms with van der Waals surface area (Å²) in [4.78, 5) is 12.4. The molecule has 0 atom stereocenters. The first kappa shape index (κ1) is 17.8. The second kappa shape index (κ2) is 7.55. The molecule has 0 radical (unpaired) electrons. The number of nitrogens with one attached hydrogen (secondary N) is 1. The summed E-state index contributed by atoms with van der Waals surface area (Å²) in [5, 5.41) is 6.80. The first-order valence-electron chi connectivity index (χ1n) is 8.41. The molecule has 7 nitrogen and oxygen atoms in total. The van der Waals surface area contributed by atoms with Gasteiger partial charge in [0.1, 0.15) is 19.0 Å². The number of anilines is 1. The Morgan fingerprint density at radius 1 is 1.11 bits per heavy atom. The third-order valence-corrected chi connectivity index (χ3v) is 3.92. The number of benzene rings is 2. The normalized spacial score (nSPS) is 12.5. The zero-order valence-electron chi connectivity index (χ0n) is 14.5. The average Bonchev–Trinajstić information content (AvgIpc) is 3.16. The standard InChI is InChI=1S/C19H15F2N3O4/c20-12-1-3-16(14(21)9-12)28-11-24-6-5-15(23-24)19(25)22-13-2-4-17-18(10-13)27-8-7-26-17/h1-6,9-10H,7-8,11H2,(H,22,25). The van der Waals surface area contributed by atoms with Gasteiger partial charge in [-0.05, 0) is 30.3 Å². The SMILES string of the molecule is O=C(Nc1ccc2c(c1)OCCO2)c1ccn(COc2ccc(F)cc2F)n1. The summed E-state index contributed by atoms with van der Waals surface area (Å²) in [5.74, 6) is -0.864. The Morgan fingerprint density at radius 2 is 1.93 bits per heavy atom. The number of amides is 1. The van der Waals surface area contributed by atoms with Gasteiger partial charge in [-0.15, -0.1) is 0 Å². The smallest absolute Gasteiger partial charge is 0.276 e. The van der Waals surface area contributed by atoms with Crippen LogP contribution in [0.4, 0.5) is 14.5 Å². The maximum Gasteiger partial charge on any atom is 0.276 e. The summed E-state index contributed by atoms with van der Waals surface area (Å²) < 4.78 is 44.0. The van der Waals surface area contributed by atoms with Crippen molar-refractivity contribution in [2.75, 3.05) is 18.5 Å². The van der Waals surface area contributed by atoms with Gasteiger partial charge in [-0.3, -0.25) is 4.79 Å². The van der Waals surface area contributed by atoms with Crippen molar-refractivity contribution < 1.29 is 27.8 Å². The molecule has 1 aromatic heterocycles. The topological polar surface area (TPSA) is 74.6 Å². The van der Waals surface area contributed by atoms with Crippen LogP contribution in [0.15, 0.2) is 48.7 Å². The third-order valence-electron chi connectivity index (χ3n) is 3.92. The van der Waals surface area contributed by atoms with Gasteiger partial charge < -0.3 is 19.5 Å². The van der Waals surface area contributed by atoms with Crippen molar-refractivity contribution in [1.29, 1.82) is 0 Å². The van der Waals surface area contributed by atoms with Crippen LogP contribution in [-0.4, -0.2) is 28.9 Å². The van der Waals surface area contributed by atoms with E-state index in [1.807, 2.05) is 0 Å². The van der Waals surface area contributed by atoms with Gasteiger partial charge in [0.15, 0.2) is 35.5 Å². The number of fused-ring (bicyclic) bond motifs is 1. The van der Waals surface area contributed by atoms with Gasteiger partial charge in [-0.2, -0.15) is 5.10 Å². The molecule has 0 unspecified atom stereocenters. The molecule has 0 fully saturated rings. The minimum atomic E-state index is -0.816. The lowest BCUT2D eigenvalue weighted by Gasteiger charge is -2.18. The van der Waals surface area contributed by atoms with Crippen molar-refractivity contribution in [3.8, 4) is 17.2 Å². The minimum Gasteiger partial charge on any atom is -0.486 e. The van der Waals surface area contributed by atoms with Crippen molar-refractivity contribution >= 4 is 11.6 Å². The summed E-state index contributed by atoms with van der Waals surface area (Å²) >= 11 is 0. The molecule has 1 amide bonds. The molecule has 28 heavy (non-hydrogen) atoms. The Hall–Kier alpha value is -3.62. The van der Waals surface area contributed by atoms with Crippen LogP contribution in [0.25, 0.3) is 0 Å². The van der Waals surface area contributed by atoms with E-state index >= 15 is 0 Å². The average molecular weight is 387 g/mol. The van der Waals surface area contributed by atoms with Crippen molar-refractivity contribution in [3.63, 3.8) is 0 Å². The van der Waals surface area contributed by atoms with Crippen LogP contribution in [-0.2, 0) is 6.73 Å². The first-order chi connectivity index (χ1) is 13.6. The number of hydrogen-bond donors (Lipinski definition) is 1. The zero-order valence-corrected chi connectivity index (χ0v) is 14.5. The lowest BCUT2D eigenvalue weighted by atomic mass is 10.2. The molecule has 0 saturated carbocycles. The molecule has 1 aliphatic heterocycles. The van der Waals surface area contributed by atoms with Gasteiger partial charge in [0.05, 0.1) is 0 Å². The van der Waals surface area contributed by atoms with Gasteiger partial charge in [-0.25, -0.2) is 13.5 Å². The van der Waals surface area contributed by atoms with E-state index in [-0.39, 0.29) is 18.2 Å². The second-order valence-electron chi connectivity index (χ2n) is 5.90. The van der Waals surface area contributed by atoms with Crippen LogP contribution in [0, 0.1) is 11.6 Å². The van der Waals surface area contributed by atoms with Crippen molar-refractivity contribution in [1.82, 2.24) is 9.78 Å². The van der Waals surface area contributed by atoms with E-state index in [1.54, 1.807) is 18.2 Å². The van der Waals surface area contributed by atoms with Gasteiger partial charge in [0.2, 0.25) is 0 Å². The quantitative estimate of drug-likeness (QED) is 0.728. The zero-order chi connectivity index (χ0) is 19.5. The fraction of sp³-hybridized carbons (Fsp3) is 0.158. The van der Waals surface area contributed by atoms with E-state index in [0.717, 1.165) is 12.1 Å². The molecule has 4 rings (SSSR count). The Bertz CT molecular complexity index is 1020. The monoisotopic (exact) mass is 387 g/mol. The number of carbonyl (C=O) groups is 1. The molecule has 2 aromatic carbocycles. The molecule has 0 saturated heterocycles. The van der Waals surface area contributed by atoms with Crippen molar-refractivity contribution in [2.45, 2.75) is 6.73 Å². The van der Waals surface area contributed by atoms with Crippen LogP contribution in [0.3, 0.4) is 0 Å². The maximum absolute atomic E-state index is 13.6. The Balaban J connectivity index is 1.39. The summed E-state index contributed by atoms with van der Waals surface area (Å²) in [6.45, 7) is 0.795. The second-order valence-corrected chi connectivity index (χ2v) is 5.90. The molecule has 3 aromatic rings. The lowest BCUT2D eigenvalue weighted by Crippen LogP contribution is -2.17. The summed E-state index contributed by atoms with van der Waals surface area (Å²) in [7, 11) is 0. The number of hydrogen-bond acceptors (Lipinski definition) is 5. The molecule has 144 valence electrons. The van der Waals surface area contributed by atoms with Gasteiger partial charge in [0.25, 0.3) is 5.91 Å². The number of halogens is 2. The Morgan fingerprint density at radius 3 is 2.75 bits per heavy atom. The van der Waals surface area contributed by atoms with Crippen LogP contribution in [0.2, 0.25) is 0 Å². The number of nitrogens with zero attached hydrogens (tertiary/aromatic N) is 2. The van der Waals surface area contributed by atoms with E-state index in [9.17, 15) is 13.6 Å². The molecular formula is C19H15F2N3O4. The van der Waals surface area contributed by atoms with E-state index in [2.05, 4.69) is 10.4 Å². The largest absolute Gasteiger partial charge is 0.486 e. The molecule has 0 spiro atoms. The summed E-state index contributed by atoms with van der Waals surface area (Å²) in [5.41, 5.74) is 0.687. The predicted molar refractivity (Wildman–Crippen MR) is 94.6 cm³/mol. The van der Waals surface area contributed by atoms with E-state index in [1.165, 1.54) is 23.0 Å². The molecule has 1 aliphatic rings. The molecule has 0 aliphatic carbocycles. The highest BCUT2D eigenvalue weighted by atomic mass is 19.1. The van der Waals surface area contributed by atoms with Crippen LogP contribution >= 0.6 is 0 Å². The fourth-order valence-corrected chi connectivity index (χ4v) is 2.60. The minimum absolute atomic E-state index is 0.112. The van der Waals surface area contributed by atoms with Crippen molar-refractivity contribution in [3.05, 3.63) is 66.0 Å². The molecular weight excluding hydrogens is 372 g/mol. The van der Waals surface area contributed by atoms with Gasteiger partial charge in [-0.1, -0.05) is 0 Å². The Kier molecular flexibility index (Phi) is 4.79. The van der Waals surface area contributed by atoms with Crippen LogP contribution in [0.5, 0.6) is 17.2 Å². The van der Waals surface area contributed by atoms with Gasteiger partial charge >= 0.3 is 0 Å².